The number of hydrogen-bond donors (Lipinski definition) is 2. The van der Waals surface area contributed by atoms with E-state index in [2.05, 4.69) is 25.5 Å². The van der Waals surface area contributed by atoms with E-state index >= 15 is 0 Å². The number of anilines is 2. The molecule has 1 aliphatic heterocycles. The maximum atomic E-state index is 13.0. The average Bonchev–Trinajstić information content (AvgIpc) is 3.34. The Bertz CT molecular complexity index is 903. The second-order valence-corrected chi connectivity index (χ2v) is 7.43. The van der Waals surface area contributed by atoms with Crippen molar-refractivity contribution in [2.45, 2.75) is 18.8 Å². The maximum Gasteiger partial charge on any atom is 0.232 e. The van der Waals surface area contributed by atoms with Crippen molar-refractivity contribution < 1.29 is 4.79 Å². The number of nitrogens with zero attached hydrogens (tertiary/aromatic N) is 3. The van der Waals surface area contributed by atoms with Crippen molar-refractivity contribution in [2.75, 3.05) is 36.4 Å². The molecule has 1 aromatic heterocycles. The zero-order valence-corrected chi connectivity index (χ0v) is 17.0. The second kappa shape index (κ2) is 9.87. The van der Waals surface area contributed by atoms with Crippen LogP contribution in [-0.2, 0) is 4.79 Å². The van der Waals surface area contributed by atoms with Gasteiger partial charge in [-0.25, -0.2) is 9.97 Å². The molecule has 2 N–H and O–H groups in total. The van der Waals surface area contributed by atoms with Crippen LogP contribution >= 0.6 is 0 Å². The third kappa shape index (κ3) is 4.95. The number of rotatable bonds is 8. The van der Waals surface area contributed by atoms with Crippen molar-refractivity contribution >= 4 is 17.5 Å². The number of amides is 1. The largest absolute Gasteiger partial charge is 0.368 e. The van der Waals surface area contributed by atoms with Crippen molar-refractivity contribution in [3.63, 3.8) is 0 Å². The molecule has 1 aliphatic rings. The molecule has 4 rings (SSSR count). The second-order valence-electron chi connectivity index (χ2n) is 7.43. The first-order valence-electron chi connectivity index (χ1n) is 10.5. The first-order chi connectivity index (χ1) is 14.8. The quantitative estimate of drug-likeness (QED) is 0.566. The van der Waals surface area contributed by atoms with Gasteiger partial charge in [0.25, 0.3) is 0 Å². The van der Waals surface area contributed by atoms with E-state index in [0.717, 1.165) is 35.9 Å². The van der Waals surface area contributed by atoms with Crippen LogP contribution in [-0.4, -0.2) is 42.1 Å². The fourth-order valence-corrected chi connectivity index (χ4v) is 3.83. The highest BCUT2D eigenvalue weighted by molar-refractivity contribution is 5.87. The topological polar surface area (TPSA) is 70.2 Å². The van der Waals surface area contributed by atoms with Crippen LogP contribution in [0.5, 0.6) is 0 Å². The van der Waals surface area contributed by atoms with Crippen LogP contribution in [0.3, 0.4) is 0 Å². The molecule has 1 fully saturated rings. The van der Waals surface area contributed by atoms with Crippen LogP contribution in [0.15, 0.2) is 73.1 Å². The molecule has 1 saturated heterocycles. The lowest BCUT2D eigenvalue weighted by atomic mass is 9.90. The van der Waals surface area contributed by atoms with Gasteiger partial charge in [0.1, 0.15) is 18.0 Å². The molecule has 0 bridgehead atoms. The van der Waals surface area contributed by atoms with E-state index in [9.17, 15) is 4.79 Å². The minimum Gasteiger partial charge on any atom is -0.368 e. The molecule has 0 aliphatic carbocycles. The van der Waals surface area contributed by atoms with E-state index in [1.807, 2.05) is 66.7 Å². The van der Waals surface area contributed by atoms with Gasteiger partial charge in [-0.2, -0.15) is 0 Å². The summed E-state index contributed by atoms with van der Waals surface area (Å²) in [5, 5.41) is 6.35. The molecule has 6 heteroatoms. The average molecular weight is 402 g/mol. The van der Waals surface area contributed by atoms with E-state index in [1.54, 1.807) is 6.33 Å². The molecular weight excluding hydrogens is 374 g/mol. The maximum absolute atomic E-state index is 13.0. The summed E-state index contributed by atoms with van der Waals surface area (Å²) in [4.78, 5) is 24.0. The van der Waals surface area contributed by atoms with Gasteiger partial charge in [-0.15, -0.1) is 0 Å². The minimum absolute atomic E-state index is 0.00496. The van der Waals surface area contributed by atoms with E-state index < -0.39 is 0 Å². The highest BCUT2D eigenvalue weighted by Crippen LogP contribution is 2.24. The molecule has 2 aromatic carbocycles. The lowest BCUT2D eigenvalue weighted by Crippen LogP contribution is -2.33. The van der Waals surface area contributed by atoms with Crippen LogP contribution < -0.4 is 15.5 Å². The molecule has 6 nitrogen and oxygen atoms in total. The van der Waals surface area contributed by atoms with Gasteiger partial charge >= 0.3 is 0 Å². The fraction of sp³-hybridized carbons (Fsp3) is 0.292. The van der Waals surface area contributed by atoms with Gasteiger partial charge in [-0.05, 0) is 24.0 Å². The number of benzene rings is 2. The number of nitrogens with one attached hydrogen (secondary N) is 2. The van der Waals surface area contributed by atoms with Crippen molar-refractivity contribution in [2.24, 2.45) is 0 Å². The standard InChI is InChI=1S/C24H27N5O/c30-24(23(19-9-3-1-4-10-19)20-11-5-2-6-12-20)26-14-13-25-21-17-22(28-18-27-21)29-15-7-8-16-29/h1-6,9-12,17-18,23H,7-8,13-16H2,(H,26,30)(H,25,27,28). The van der Waals surface area contributed by atoms with Crippen LogP contribution in [0, 0.1) is 0 Å². The molecule has 0 saturated carbocycles. The monoisotopic (exact) mass is 401 g/mol. The van der Waals surface area contributed by atoms with Crippen molar-refractivity contribution in [3.8, 4) is 0 Å². The van der Waals surface area contributed by atoms with Gasteiger partial charge in [0.15, 0.2) is 0 Å². The lowest BCUT2D eigenvalue weighted by molar-refractivity contribution is -0.121. The molecule has 0 unspecified atom stereocenters. The smallest absolute Gasteiger partial charge is 0.232 e. The summed E-state index contributed by atoms with van der Waals surface area (Å²) in [6, 6.07) is 21.8. The normalized spacial score (nSPS) is 13.4. The zero-order valence-electron chi connectivity index (χ0n) is 17.0. The molecule has 2 heterocycles. The molecule has 0 spiro atoms. The van der Waals surface area contributed by atoms with Gasteiger partial charge in [0, 0.05) is 32.2 Å². The summed E-state index contributed by atoms with van der Waals surface area (Å²) in [6.45, 7) is 3.20. The summed E-state index contributed by atoms with van der Waals surface area (Å²) in [7, 11) is 0. The Kier molecular flexibility index (Phi) is 6.54. The van der Waals surface area contributed by atoms with E-state index in [4.69, 9.17) is 0 Å². The van der Waals surface area contributed by atoms with Gasteiger partial charge < -0.3 is 15.5 Å². The molecule has 0 radical (unpaired) electrons. The van der Waals surface area contributed by atoms with Gasteiger partial charge in [0.05, 0.1) is 5.92 Å². The van der Waals surface area contributed by atoms with Crippen molar-refractivity contribution in [1.82, 2.24) is 15.3 Å². The number of hydrogen-bond acceptors (Lipinski definition) is 5. The van der Waals surface area contributed by atoms with Crippen LogP contribution in [0.2, 0.25) is 0 Å². The van der Waals surface area contributed by atoms with Crippen LogP contribution in [0.4, 0.5) is 11.6 Å². The van der Waals surface area contributed by atoms with Gasteiger partial charge in [-0.3, -0.25) is 4.79 Å². The number of carbonyl (C=O) groups is 1. The van der Waals surface area contributed by atoms with E-state index in [-0.39, 0.29) is 11.8 Å². The Morgan fingerprint density at radius 1 is 0.900 bits per heavy atom. The van der Waals surface area contributed by atoms with Crippen LogP contribution in [0.25, 0.3) is 0 Å². The van der Waals surface area contributed by atoms with Crippen molar-refractivity contribution in [3.05, 3.63) is 84.2 Å². The molecular formula is C24H27N5O. The number of carbonyl (C=O) groups excluding carboxylic acids is 1. The summed E-state index contributed by atoms with van der Waals surface area (Å²) in [6.07, 6.45) is 4.01. The molecule has 0 atom stereocenters. The van der Waals surface area contributed by atoms with E-state index in [0.29, 0.717) is 13.1 Å². The summed E-state index contributed by atoms with van der Waals surface area (Å²) < 4.78 is 0. The Morgan fingerprint density at radius 3 is 2.17 bits per heavy atom. The summed E-state index contributed by atoms with van der Waals surface area (Å²) in [5.74, 6) is 1.41. The highest BCUT2D eigenvalue weighted by atomic mass is 16.1. The van der Waals surface area contributed by atoms with Gasteiger partial charge in [0.2, 0.25) is 5.91 Å². The predicted molar refractivity (Wildman–Crippen MR) is 120 cm³/mol. The van der Waals surface area contributed by atoms with Gasteiger partial charge in [-0.1, -0.05) is 60.7 Å². The first-order valence-corrected chi connectivity index (χ1v) is 10.5. The Hall–Kier alpha value is -3.41. The molecule has 3 aromatic rings. The lowest BCUT2D eigenvalue weighted by Gasteiger charge is -2.18. The van der Waals surface area contributed by atoms with Crippen LogP contribution in [0.1, 0.15) is 29.9 Å². The summed E-state index contributed by atoms with van der Waals surface area (Å²) in [5.41, 5.74) is 1.97. The minimum atomic E-state index is -0.326. The number of aromatic nitrogens is 2. The fourth-order valence-electron chi connectivity index (χ4n) is 3.83. The first kappa shape index (κ1) is 19.9. The summed E-state index contributed by atoms with van der Waals surface area (Å²) >= 11 is 0. The Balaban J connectivity index is 1.35. The predicted octanol–water partition coefficient (Wildman–Crippen LogP) is 3.44. The molecule has 154 valence electrons. The third-order valence-corrected chi connectivity index (χ3v) is 5.34. The SMILES string of the molecule is O=C(NCCNc1cc(N2CCCC2)ncn1)C(c1ccccc1)c1ccccc1. The molecule has 30 heavy (non-hydrogen) atoms. The highest BCUT2D eigenvalue weighted by Gasteiger charge is 2.22. The van der Waals surface area contributed by atoms with E-state index in [1.165, 1.54) is 12.8 Å². The van der Waals surface area contributed by atoms with Crippen molar-refractivity contribution in [1.29, 1.82) is 0 Å². The third-order valence-electron chi connectivity index (χ3n) is 5.34. The zero-order chi connectivity index (χ0) is 20.6. The Morgan fingerprint density at radius 2 is 1.53 bits per heavy atom. The Labute approximate surface area is 177 Å². The molecule has 1 amide bonds.